The van der Waals surface area contributed by atoms with E-state index in [9.17, 15) is 9.90 Å². The van der Waals surface area contributed by atoms with Gasteiger partial charge in [-0.25, -0.2) is 0 Å². The minimum atomic E-state index is -0.951. The van der Waals surface area contributed by atoms with Gasteiger partial charge in [-0.05, 0) is 18.9 Å². The van der Waals surface area contributed by atoms with E-state index in [2.05, 4.69) is 10.4 Å². The number of nitrogens with one attached hydrogen (secondary N) is 1. The zero-order valence-corrected chi connectivity index (χ0v) is 12.8. The fourth-order valence-corrected chi connectivity index (χ4v) is 1.83. The molecule has 1 amide bonds. The van der Waals surface area contributed by atoms with Gasteiger partial charge in [0.25, 0.3) is 5.91 Å². The summed E-state index contributed by atoms with van der Waals surface area (Å²) in [6.45, 7) is 5.71. The number of carbonyl (C=O) groups excluding carboxylic acids is 1. The molecule has 21 heavy (non-hydrogen) atoms. The molecular formula is C15H21N3O3. The first kappa shape index (κ1) is 15.3. The molecule has 0 fully saturated rings. The number of rotatable bonds is 5. The first-order valence-electron chi connectivity index (χ1n) is 6.88. The van der Waals surface area contributed by atoms with E-state index < -0.39 is 5.60 Å². The molecule has 2 aromatic rings. The molecule has 6 heteroatoms. The quantitative estimate of drug-likeness (QED) is 0.880. The highest BCUT2D eigenvalue weighted by atomic mass is 16.3. The van der Waals surface area contributed by atoms with Gasteiger partial charge in [-0.15, -0.1) is 0 Å². The van der Waals surface area contributed by atoms with Crippen molar-refractivity contribution in [1.82, 2.24) is 15.1 Å². The zero-order chi connectivity index (χ0) is 15.6. The lowest BCUT2D eigenvalue weighted by atomic mass is 9.92. The molecule has 114 valence electrons. The number of aryl methyl sites for hydroxylation is 1. The highest BCUT2D eigenvalue weighted by Crippen LogP contribution is 2.22. The Balaban J connectivity index is 2.17. The number of hydrogen-bond acceptors (Lipinski definition) is 4. The number of hydrogen-bond donors (Lipinski definition) is 2. The summed E-state index contributed by atoms with van der Waals surface area (Å²) in [5.41, 5.74) is 0.816. The minimum absolute atomic E-state index is 0.0417. The van der Waals surface area contributed by atoms with Gasteiger partial charge in [0.2, 0.25) is 0 Å². The summed E-state index contributed by atoms with van der Waals surface area (Å²) in [7, 11) is 1.75. The second kappa shape index (κ2) is 5.73. The first-order valence-corrected chi connectivity index (χ1v) is 6.88. The highest BCUT2D eigenvalue weighted by Gasteiger charge is 2.26. The van der Waals surface area contributed by atoms with Crippen molar-refractivity contribution in [3.8, 4) is 11.3 Å². The molecule has 0 aliphatic carbocycles. The van der Waals surface area contributed by atoms with Gasteiger partial charge in [-0.3, -0.25) is 9.48 Å². The summed E-state index contributed by atoms with van der Waals surface area (Å²) in [5.74, 6) is -0.222. The van der Waals surface area contributed by atoms with E-state index in [-0.39, 0.29) is 18.4 Å². The number of aromatic nitrogens is 2. The molecule has 0 radical (unpaired) electrons. The van der Waals surface area contributed by atoms with Crippen molar-refractivity contribution in [3.63, 3.8) is 0 Å². The van der Waals surface area contributed by atoms with E-state index in [1.165, 1.54) is 6.26 Å². The van der Waals surface area contributed by atoms with E-state index in [4.69, 9.17) is 4.42 Å². The molecule has 2 aromatic heterocycles. The standard InChI is InChI=1S/C15H21N3O3/c1-10(2)15(3,20)9-16-14(19)12-7-18(4)17-13(12)11-5-6-21-8-11/h5-8,10,20H,9H2,1-4H3,(H,16,19)/t15-/m1/s1. The maximum atomic E-state index is 12.3. The van der Waals surface area contributed by atoms with Crippen LogP contribution < -0.4 is 5.32 Å². The Morgan fingerprint density at radius 2 is 2.29 bits per heavy atom. The Morgan fingerprint density at radius 1 is 1.57 bits per heavy atom. The Labute approximate surface area is 123 Å². The highest BCUT2D eigenvalue weighted by molar-refractivity contribution is 5.99. The van der Waals surface area contributed by atoms with Crippen molar-refractivity contribution in [2.45, 2.75) is 26.4 Å². The van der Waals surface area contributed by atoms with E-state index in [1.54, 1.807) is 37.2 Å². The van der Waals surface area contributed by atoms with Crippen molar-refractivity contribution in [2.24, 2.45) is 13.0 Å². The summed E-state index contributed by atoms with van der Waals surface area (Å²) in [6, 6.07) is 1.75. The third-order valence-electron chi connectivity index (χ3n) is 3.72. The van der Waals surface area contributed by atoms with Crippen molar-refractivity contribution in [1.29, 1.82) is 0 Å². The first-order chi connectivity index (χ1) is 9.81. The second-order valence-electron chi connectivity index (χ2n) is 5.77. The van der Waals surface area contributed by atoms with Crippen LogP contribution in [0.1, 0.15) is 31.1 Å². The van der Waals surface area contributed by atoms with Gasteiger partial charge >= 0.3 is 0 Å². The van der Waals surface area contributed by atoms with Gasteiger partial charge in [0.1, 0.15) is 5.69 Å². The van der Waals surface area contributed by atoms with Gasteiger partial charge in [0.15, 0.2) is 0 Å². The Hall–Kier alpha value is -2.08. The lowest BCUT2D eigenvalue weighted by molar-refractivity contribution is 0.0142. The molecule has 0 aliphatic rings. The fraction of sp³-hybridized carbons (Fsp3) is 0.467. The maximum Gasteiger partial charge on any atom is 0.255 e. The molecule has 0 aliphatic heterocycles. The molecule has 0 saturated heterocycles. The number of aliphatic hydroxyl groups is 1. The summed E-state index contributed by atoms with van der Waals surface area (Å²) >= 11 is 0. The smallest absolute Gasteiger partial charge is 0.255 e. The van der Waals surface area contributed by atoms with E-state index >= 15 is 0 Å². The van der Waals surface area contributed by atoms with Crippen LogP contribution in [0.5, 0.6) is 0 Å². The van der Waals surface area contributed by atoms with Crippen molar-refractivity contribution in [2.75, 3.05) is 6.54 Å². The summed E-state index contributed by atoms with van der Waals surface area (Å²) in [5, 5.41) is 17.2. The molecule has 0 bridgehead atoms. The van der Waals surface area contributed by atoms with Crippen molar-refractivity contribution >= 4 is 5.91 Å². The molecule has 0 aromatic carbocycles. The fourth-order valence-electron chi connectivity index (χ4n) is 1.83. The molecule has 2 heterocycles. The third-order valence-corrected chi connectivity index (χ3v) is 3.72. The Bertz CT molecular complexity index is 612. The van der Waals surface area contributed by atoms with Crippen LogP contribution in [-0.4, -0.2) is 32.9 Å². The maximum absolute atomic E-state index is 12.3. The van der Waals surface area contributed by atoms with Crippen LogP contribution in [0.3, 0.4) is 0 Å². The van der Waals surface area contributed by atoms with Crippen LogP contribution in [0.2, 0.25) is 0 Å². The summed E-state index contributed by atoms with van der Waals surface area (Å²) in [4.78, 5) is 12.3. The lowest BCUT2D eigenvalue weighted by Crippen LogP contribution is -2.44. The molecule has 1 atom stereocenters. The predicted molar refractivity (Wildman–Crippen MR) is 78.7 cm³/mol. The van der Waals surface area contributed by atoms with Gasteiger partial charge in [-0.2, -0.15) is 5.10 Å². The SMILES string of the molecule is CC(C)[C@](C)(O)CNC(=O)c1cn(C)nc1-c1ccoc1. The molecule has 0 spiro atoms. The van der Waals surface area contributed by atoms with Crippen LogP contribution in [0, 0.1) is 5.92 Å². The van der Waals surface area contributed by atoms with E-state index in [0.29, 0.717) is 11.3 Å². The monoisotopic (exact) mass is 291 g/mol. The van der Waals surface area contributed by atoms with Gasteiger partial charge in [0, 0.05) is 25.4 Å². The third kappa shape index (κ3) is 3.33. The summed E-state index contributed by atoms with van der Waals surface area (Å²) in [6.07, 6.45) is 4.74. The molecule has 6 nitrogen and oxygen atoms in total. The van der Waals surface area contributed by atoms with Gasteiger partial charge in [0.05, 0.1) is 23.7 Å². The number of carbonyl (C=O) groups is 1. The van der Waals surface area contributed by atoms with Crippen LogP contribution in [0.4, 0.5) is 0 Å². The van der Waals surface area contributed by atoms with E-state index in [1.807, 2.05) is 13.8 Å². The number of amides is 1. The second-order valence-corrected chi connectivity index (χ2v) is 5.77. The largest absolute Gasteiger partial charge is 0.472 e. The lowest BCUT2D eigenvalue weighted by Gasteiger charge is -2.27. The number of nitrogens with zero attached hydrogens (tertiary/aromatic N) is 2. The van der Waals surface area contributed by atoms with Crippen LogP contribution in [-0.2, 0) is 7.05 Å². The van der Waals surface area contributed by atoms with Crippen molar-refractivity contribution < 1.29 is 14.3 Å². The van der Waals surface area contributed by atoms with Gasteiger partial charge in [-0.1, -0.05) is 13.8 Å². The zero-order valence-electron chi connectivity index (χ0n) is 12.8. The normalized spacial score (nSPS) is 14.2. The molecule has 0 unspecified atom stereocenters. The summed E-state index contributed by atoms with van der Waals surface area (Å²) < 4.78 is 6.62. The number of furan rings is 1. The molecule has 2 rings (SSSR count). The minimum Gasteiger partial charge on any atom is -0.472 e. The van der Waals surface area contributed by atoms with Crippen LogP contribution >= 0.6 is 0 Å². The molecule has 0 saturated carbocycles. The van der Waals surface area contributed by atoms with Crippen molar-refractivity contribution in [3.05, 3.63) is 30.4 Å². The molecule has 2 N–H and O–H groups in total. The predicted octanol–water partition coefficient (Wildman–Crippen LogP) is 1.82. The Morgan fingerprint density at radius 3 is 2.86 bits per heavy atom. The van der Waals surface area contributed by atoms with Crippen LogP contribution in [0.25, 0.3) is 11.3 Å². The van der Waals surface area contributed by atoms with E-state index in [0.717, 1.165) is 5.56 Å². The van der Waals surface area contributed by atoms with Gasteiger partial charge < -0.3 is 14.8 Å². The Kier molecular flexibility index (Phi) is 4.18. The topological polar surface area (TPSA) is 80.3 Å². The average molecular weight is 291 g/mol. The molecular weight excluding hydrogens is 270 g/mol. The average Bonchev–Trinajstić information content (AvgIpc) is 3.04. The van der Waals surface area contributed by atoms with Crippen LogP contribution in [0.15, 0.2) is 29.2 Å².